The highest BCUT2D eigenvalue weighted by molar-refractivity contribution is 9.11. The van der Waals surface area contributed by atoms with Crippen molar-refractivity contribution in [3.05, 3.63) is 49.2 Å². The van der Waals surface area contributed by atoms with Crippen molar-refractivity contribution in [2.24, 2.45) is 11.8 Å². The van der Waals surface area contributed by atoms with Crippen molar-refractivity contribution in [1.82, 2.24) is 4.98 Å². The molecule has 0 radical (unpaired) electrons. The lowest BCUT2D eigenvalue weighted by Gasteiger charge is -2.28. The normalized spacial score (nSPS) is 26.4. The SMILES string of the molecule is CC1=C(Br)C2Cc3ncc(Br)cc3CCC2C=C1Cl. The fourth-order valence-electron chi connectivity index (χ4n) is 2.97. The van der Waals surface area contributed by atoms with Crippen LogP contribution in [0.5, 0.6) is 0 Å². The van der Waals surface area contributed by atoms with Crippen molar-refractivity contribution in [3.63, 3.8) is 0 Å². The number of halogens is 3. The molecular weight excluding hydrogens is 389 g/mol. The highest BCUT2D eigenvalue weighted by Crippen LogP contribution is 2.44. The molecule has 0 aliphatic heterocycles. The molecule has 0 fully saturated rings. The molecule has 3 rings (SSSR count). The summed E-state index contributed by atoms with van der Waals surface area (Å²) in [6.07, 6.45) is 7.33. The van der Waals surface area contributed by atoms with Gasteiger partial charge in [0.1, 0.15) is 0 Å². The maximum Gasteiger partial charge on any atom is 0.0442 e. The van der Waals surface area contributed by atoms with E-state index in [4.69, 9.17) is 11.6 Å². The van der Waals surface area contributed by atoms with E-state index in [-0.39, 0.29) is 0 Å². The molecule has 100 valence electrons. The van der Waals surface area contributed by atoms with Crippen LogP contribution in [0, 0.1) is 11.8 Å². The zero-order valence-electron chi connectivity index (χ0n) is 10.6. The van der Waals surface area contributed by atoms with E-state index in [0.717, 1.165) is 28.8 Å². The smallest absolute Gasteiger partial charge is 0.0442 e. The van der Waals surface area contributed by atoms with Gasteiger partial charge < -0.3 is 0 Å². The number of aryl methyl sites for hydroxylation is 1. The van der Waals surface area contributed by atoms with Crippen LogP contribution in [0.25, 0.3) is 0 Å². The van der Waals surface area contributed by atoms with E-state index < -0.39 is 0 Å². The van der Waals surface area contributed by atoms with E-state index in [1.807, 2.05) is 6.20 Å². The minimum Gasteiger partial charge on any atom is -0.260 e. The fourth-order valence-corrected chi connectivity index (χ4v) is 4.45. The quantitative estimate of drug-likeness (QED) is 0.567. The predicted octanol–water partition coefficient (Wildman–Crippen LogP) is 5.37. The monoisotopic (exact) mass is 401 g/mol. The number of fused-ring (bicyclic) bond motifs is 2. The molecule has 1 heterocycles. The molecule has 0 saturated carbocycles. The predicted molar refractivity (Wildman–Crippen MR) is 86.5 cm³/mol. The van der Waals surface area contributed by atoms with E-state index in [1.165, 1.54) is 21.3 Å². The maximum absolute atomic E-state index is 6.32. The molecule has 2 aliphatic rings. The lowest BCUT2D eigenvalue weighted by molar-refractivity contribution is 0.444. The van der Waals surface area contributed by atoms with Crippen LogP contribution < -0.4 is 0 Å². The van der Waals surface area contributed by atoms with Gasteiger partial charge in [0.15, 0.2) is 0 Å². The van der Waals surface area contributed by atoms with E-state index >= 15 is 0 Å². The minimum atomic E-state index is 0.484. The van der Waals surface area contributed by atoms with Crippen LogP contribution in [0.1, 0.15) is 24.6 Å². The standard InChI is InChI=1S/C15H14Br2ClN/c1-8-13(18)5-9-2-3-10-4-11(16)7-19-14(10)6-12(9)15(8)17/h4-5,7,9,12H,2-3,6H2,1H3. The molecule has 0 aromatic carbocycles. The van der Waals surface area contributed by atoms with E-state index in [1.54, 1.807) is 0 Å². The Hall–Kier alpha value is -0.120. The molecule has 1 nitrogen and oxygen atoms in total. The van der Waals surface area contributed by atoms with Crippen molar-refractivity contribution in [3.8, 4) is 0 Å². The Labute approximate surface area is 135 Å². The molecule has 2 aliphatic carbocycles. The average molecular weight is 404 g/mol. The first kappa shape index (κ1) is 13.8. The first-order chi connectivity index (χ1) is 9.06. The Balaban J connectivity index is 2.01. The summed E-state index contributed by atoms with van der Waals surface area (Å²) in [5, 5.41) is 0.897. The number of allylic oxidation sites excluding steroid dienone is 4. The number of hydrogen-bond acceptors (Lipinski definition) is 1. The second-order valence-electron chi connectivity index (χ2n) is 5.26. The highest BCUT2D eigenvalue weighted by Gasteiger charge is 2.32. The summed E-state index contributed by atoms with van der Waals surface area (Å²) in [4.78, 5) is 4.60. The zero-order chi connectivity index (χ0) is 13.6. The summed E-state index contributed by atoms with van der Waals surface area (Å²) < 4.78 is 2.32. The molecule has 1 aromatic heterocycles. The molecule has 2 unspecified atom stereocenters. The third kappa shape index (κ3) is 2.57. The Morgan fingerprint density at radius 3 is 2.95 bits per heavy atom. The van der Waals surface area contributed by atoms with Crippen LogP contribution in [-0.4, -0.2) is 4.98 Å². The molecule has 1 aromatic rings. The van der Waals surface area contributed by atoms with Gasteiger partial charge in [-0.05, 0) is 65.2 Å². The fraction of sp³-hybridized carbons (Fsp3) is 0.400. The lowest BCUT2D eigenvalue weighted by Crippen LogP contribution is -2.19. The molecule has 0 spiro atoms. The number of aromatic nitrogens is 1. The van der Waals surface area contributed by atoms with Gasteiger partial charge in [0, 0.05) is 31.8 Å². The first-order valence-corrected chi connectivity index (χ1v) is 8.40. The van der Waals surface area contributed by atoms with Gasteiger partial charge in [0.2, 0.25) is 0 Å². The van der Waals surface area contributed by atoms with Gasteiger partial charge >= 0.3 is 0 Å². The lowest BCUT2D eigenvalue weighted by atomic mass is 9.82. The van der Waals surface area contributed by atoms with E-state index in [9.17, 15) is 0 Å². The van der Waals surface area contributed by atoms with Crippen LogP contribution in [0.2, 0.25) is 0 Å². The van der Waals surface area contributed by atoms with Crippen molar-refractivity contribution >= 4 is 43.5 Å². The Kier molecular flexibility index (Phi) is 3.89. The summed E-state index contributed by atoms with van der Waals surface area (Å²) in [6, 6.07) is 2.20. The van der Waals surface area contributed by atoms with Gasteiger partial charge in [-0.2, -0.15) is 0 Å². The largest absolute Gasteiger partial charge is 0.260 e. The molecule has 4 heteroatoms. The van der Waals surface area contributed by atoms with Gasteiger partial charge in [0.25, 0.3) is 0 Å². The molecule has 0 N–H and O–H groups in total. The number of pyridine rings is 1. The van der Waals surface area contributed by atoms with Gasteiger partial charge in [0.05, 0.1) is 0 Å². The van der Waals surface area contributed by atoms with Crippen molar-refractivity contribution in [2.75, 3.05) is 0 Å². The maximum atomic E-state index is 6.32. The second-order valence-corrected chi connectivity index (χ2v) is 7.44. The van der Waals surface area contributed by atoms with Crippen LogP contribution in [0.15, 0.2) is 37.9 Å². The third-order valence-electron chi connectivity index (χ3n) is 4.11. The summed E-state index contributed by atoms with van der Waals surface area (Å²) in [5.74, 6) is 0.996. The molecule has 0 amide bonds. The van der Waals surface area contributed by atoms with E-state index in [2.05, 4.69) is 55.9 Å². The van der Waals surface area contributed by atoms with Crippen molar-refractivity contribution < 1.29 is 0 Å². The number of nitrogens with zero attached hydrogens (tertiary/aromatic N) is 1. The Bertz CT molecular complexity index is 592. The number of hydrogen-bond donors (Lipinski definition) is 0. The van der Waals surface area contributed by atoms with Crippen LogP contribution in [0.4, 0.5) is 0 Å². The average Bonchev–Trinajstić information content (AvgIpc) is 2.56. The minimum absolute atomic E-state index is 0.484. The zero-order valence-corrected chi connectivity index (χ0v) is 14.5. The first-order valence-electron chi connectivity index (χ1n) is 6.43. The summed E-state index contributed by atoms with van der Waals surface area (Å²) in [6.45, 7) is 2.08. The van der Waals surface area contributed by atoms with E-state index in [0.29, 0.717) is 11.8 Å². The summed E-state index contributed by atoms with van der Waals surface area (Å²) in [7, 11) is 0. The molecular formula is C15H14Br2ClN. The third-order valence-corrected chi connectivity index (χ3v) is 6.13. The summed E-state index contributed by atoms with van der Waals surface area (Å²) >= 11 is 13.6. The van der Waals surface area contributed by atoms with Gasteiger partial charge in [-0.25, -0.2) is 0 Å². The van der Waals surface area contributed by atoms with Crippen molar-refractivity contribution in [1.29, 1.82) is 0 Å². The molecule has 0 saturated heterocycles. The van der Waals surface area contributed by atoms with Gasteiger partial charge in [-0.15, -0.1) is 0 Å². The van der Waals surface area contributed by atoms with Gasteiger partial charge in [-0.1, -0.05) is 33.6 Å². The van der Waals surface area contributed by atoms with Gasteiger partial charge in [-0.3, -0.25) is 4.98 Å². The van der Waals surface area contributed by atoms with Crippen LogP contribution in [-0.2, 0) is 12.8 Å². The van der Waals surface area contributed by atoms with Crippen molar-refractivity contribution in [2.45, 2.75) is 26.2 Å². The molecule has 19 heavy (non-hydrogen) atoms. The Morgan fingerprint density at radius 2 is 2.16 bits per heavy atom. The summed E-state index contributed by atoms with van der Waals surface area (Å²) in [5.41, 5.74) is 3.77. The molecule has 2 atom stereocenters. The molecule has 0 bridgehead atoms. The Morgan fingerprint density at radius 1 is 1.37 bits per heavy atom. The second kappa shape index (κ2) is 5.34. The topological polar surface area (TPSA) is 12.9 Å². The highest BCUT2D eigenvalue weighted by atomic mass is 79.9. The van der Waals surface area contributed by atoms with Crippen LogP contribution in [0.3, 0.4) is 0 Å². The van der Waals surface area contributed by atoms with Crippen LogP contribution >= 0.6 is 43.5 Å². The number of rotatable bonds is 0.